The number of hydrogen-bond donors (Lipinski definition) is 1. The van der Waals surface area contributed by atoms with Gasteiger partial charge >= 0.3 is 0 Å². The number of nitrogens with one attached hydrogen (secondary N) is 1. The van der Waals surface area contributed by atoms with Crippen molar-refractivity contribution in [2.45, 2.75) is 12.8 Å². The predicted octanol–water partition coefficient (Wildman–Crippen LogP) is 3.69. The fraction of sp³-hybridized carbons (Fsp3) is 0.304. The summed E-state index contributed by atoms with van der Waals surface area (Å²) in [6.45, 7) is 0.537. The summed E-state index contributed by atoms with van der Waals surface area (Å²) in [4.78, 5) is 26.4. The minimum Gasteiger partial charge on any atom is -0.345 e. The molecule has 2 aromatic rings. The van der Waals surface area contributed by atoms with Gasteiger partial charge in [-0.25, -0.2) is 8.42 Å². The number of carbonyl (C=O) groups excluding carboxylic acids is 2. The summed E-state index contributed by atoms with van der Waals surface area (Å²) in [6.07, 6.45) is 2.41. The van der Waals surface area contributed by atoms with Gasteiger partial charge in [0.15, 0.2) is 0 Å². The molecule has 0 saturated carbocycles. The summed E-state index contributed by atoms with van der Waals surface area (Å²) in [5, 5.41) is 4.34. The van der Waals surface area contributed by atoms with Crippen molar-refractivity contribution in [3.05, 3.63) is 70.1 Å². The molecule has 170 valence electrons. The van der Waals surface area contributed by atoms with E-state index in [-0.39, 0.29) is 30.8 Å². The van der Waals surface area contributed by atoms with Crippen LogP contribution < -0.4 is 5.32 Å². The van der Waals surface area contributed by atoms with Gasteiger partial charge in [0, 0.05) is 44.2 Å². The molecular formula is C23H26ClN3O4S. The maximum absolute atomic E-state index is 12.7. The van der Waals surface area contributed by atoms with Crippen LogP contribution in [0.3, 0.4) is 0 Å². The number of rotatable bonds is 6. The topological polar surface area (TPSA) is 86.8 Å². The zero-order chi connectivity index (χ0) is 23.3. The summed E-state index contributed by atoms with van der Waals surface area (Å²) >= 11 is 6.12. The molecule has 9 heteroatoms. The van der Waals surface area contributed by atoms with Crippen LogP contribution in [0.15, 0.2) is 53.9 Å². The number of piperidine rings is 1. The van der Waals surface area contributed by atoms with E-state index >= 15 is 0 Å². The second-order valence-corrected chi connectivity index (χ2v) is 10.0. The Morgan fingerprint density at radius 1 is 1.09 bits per heavy atom. The molecule has 32 heavy (non-hydrogen) atoms. The van der Waals surface area contributed by atoms with Crippen molar-refractivity contribution < 1.29 is 18.0 Å². The summed E-state index contributed by atoms with van der Waals surface area (Å²) in [5.41, 5.74) is 1.59. The van der Waals surface area contributed by atoms with Crippen molar-refractivity contribution in [3.63, 3.8) is 0 Å². The van der Waals surface area contributed by atoms with Crippen LogP contribution in [0.5, 0.6) is 0 Å². The molecule has 0 unspecified atom stereocenters. The third kappa shape index (κ3) is 5.97. The Balaban J connectivity index is 1.59. The zero-order valence-electron chi connectivity index (χ0n) is 18.0. The van der Waals surface area contributed by atoms with Gasteiger partial charge in [-0.3, -0.25) is 9.59 Å². The molecule has 0 bridgehead atoms. The molecule has 1 aliphatic rings. The number of benzene rings is 2. The van der Waals surface area contributed by atoms with Crippen LogP contribution in [0.25, 0.3) is 6.08 Å². The van der Waals surface area contributed by atoms with E-state index in [2.05, 4.69) is 5.32 Å². The number of carbonyl (C=O) groups is 2. The quantitative estimate of drug-likeness (QED) is 0.690. The Morgan fingerprint density at radius 3 is 2.38 bits per heavy atom. The lowest BCUT2D eigenvalue weighted by atomic mass is 9.97. The van der Waals surface area contributed by atoms with Crippen LogP contribution in [0, 0.1) is 5.92 Å². The molecule has 2 aromatic carbocycles. The summed E-state index contributed by atoms with van der Waals surface area (Å²) in [6, 6.07) is 14.0. The Labute approximate surface area is 193 Å². The molecule has 0 radical (unpaired) electrons. The summed E-state index contributed by atoms with van der Waals surface area (Å²) in [5.74, 6) is -0.774. The smallest absolute Gasteiger partial charge is 0.254 e. The van der Waals surface area contributed by atoms with E-state index in [0.29, 0.717) is 29.1 Å². The second kappa shape index (κ2) is 10.3. The largest absolute Gasteiger partial charge is 0.345 e. The highest BCUT2D eigenvalue weighted by atomic mass is 35.5. The van der Waals surface area contributed by atoms with E-state index in [1.54, 1.807) is 38.4 Å². The lowest BCUT2D eigenvalue weighted by Gasteiger charge is -2.29. The van der Waals surface area contributed by atoms with Crippen molar-refractivity contribution in [2.75, 3.05) is 32.5 Å². The van der Waals surface area contributed by atoms with Crippen LogP contribution in [0.4, 0.5) is 5.69 Å². The average molecular weight is 476 g/mol. The highest BCUT2D eigenvalue weighted by Gasteiger charge is 2.30. The maximum atomic E-state index is 12.7. The highest BCUT2D eigenvalue weighted by Crippen LogP contribution is 2.25. The Bertz CT molecular complexity index is 1110. The van der Waals surface area contributed by atoms with Crippen molar-refractivity contribution in [1.29, 1.82) is 0 Å². The number of anilines is 1. The minimum atomic E-state index is -3.55. The third-order valence-corrected chi connectivity index (χ3v) is 7.18. The molecule has 0 aliphatic carbocycles. The molecular weight excluding hydrogens is 450 g/mol. The number of amides is 2. The molecule has 7 nitrogen and oxygen atoms in total. The Hall–Kier alpha value is -2.68. The van der Waals surface area contributed by atoms with E-state index in [1.165, 1.54) is 14.6 Å². The number of sulfonamides is 1. The lowest BCUT2D eigenvalue weighted by Crippen LogP contribution is -2.40. The first-order chi connectivity index (χ1) is 15.2. The van der Waals surface area contributed by atoms with Gasteiger partial charge in [-0.15, -0.1) is 0 Å². The molecule has 1 heterocycles. The van der Waals surface area contributed by atoms with E-state index in [0.717, 1.165) is 5.56 Å². The SMILES string of the molecule is CN(C)C(=O)c1cc(NC(=O)C2CCN(S(=O)(=O)/C=C/c3ccccc3)CC2)ccc1Cl. The maximum Gasteiger partial charge on any atom is 0.254 e. The van der Waals surface area contributed by atoms with Crippen molar-refractivity contribution in [1.82, 2.24) is 9.21 Å². The number of hydrogen-bond acceptors (Lipinski definition) is 4. The van der Waals surface area contributed by atoms with E-state index < -0.39 is 10.0 Å². The highest BCUT2D eigenvalue weighted by molar-refractivity contribution is 7.92. The van der Waals surface area contributed by atoms with Gasteiger partial charge in [0.2, 0.25) is 15.9 Å². The van der Waals surface area contributed by atoms with Gasteiger partial charge in [-0.05, 0) is 42.7 Å². The van der Waals surface area contributed by atoms with Crippen LogP contribution in [0.1, 0.15) is 28.8 Å². The van der Waals surface area contributed by atoms with E-state index in [9.17, 15) is 18.0 Å². The molecule has 1 N–H and O–H groups in total. The van der Waals surface area contributed by atoms with E-state index in [4.69, 9.17) is 11.6 Å². The van der Waals surface area contributed by atoms with Gasteiger partial charge in [0.05, 0.1) is 10.6 Å². The Kier molecular flexibility index (Phi) is 7.71. The fourth-order valence-electron chi connectivity index (χ4n) is 3.44. The van der Waals surface area contributed by atoms with Crippen LogP contribution in [-0.4, -0.2) is 56.6 Å². The summed E-state index contributed by atoms with van der Waals surface area (Å²) < 4.78 is 26.6. The molecule has 1 aliphatic heterocycles. The van der Waals surface area contributed by atoms with Gasteiger partial charge in [0.25, 0.3) is 5.91 Å². The molecule has 0 aromatic heterocycles. The average Bonchev–Trinajstić information content (AvgIpc) is 2.79. The van der Waals surface area contributed by atoms with Crippen LogP contribution in [-0.2, 0) is 14.8 Å². The summed E-state index contributed by atoms with van der Waals surface area (Å²) in [7, 11) is -0.302. The molecule has 1 fully saturated rings. The van der Waals surface area contributed by atoms with Crippen molar-refractivity contribution >= 4 is 45.2 Å². The molecule has 3 rings (SSSR count). The third-order valence-electron chi connectivity index (χ3n) is 5.29. The van der Waals surface area contributed by atoms with Crippen LogP contribution >= 0.6 is 11.6 Å². The minimum absolute atomic E-state index is 0.201. The Morgan fingerprint density at radius 2 is 1.75 bits per heavy atom. The standard InChI is InChI=1S/C23H26ClN3O4S/c1-26(2)23(29)20-16-19(8-9-21(20)24)25-22(28)18-10-13-27(14-11-18)32(30,31)15-12-17-6-4-3-5-7-17/h3-9,12,15-16,18H,10-11,13-14H2,1-2H3,(H,25,28)/b15-12+. The molecule has 1 saturated heterocycles. The normalized spacial score (nSPS) is 15.6. The van der Waals surface area contributed by atoms with Gasteiger partial charge < -0.3 is 10.2 Å². The van der Waals surface area contributed by atoms with Crippen LogP contribution in [0.2, 0.25) is 5.02 Å². The zero-order valence-corrected chi connectivity index (χ0v) is 19.6. The van der Waals surface area contributed by atoms with Gasteiger partial charge in [-0.1, -0.05) is 41.9 Å². The molecule has 0 atom stereocenters. The fourth-order valence-corrected chi connectivity index (χ4v) is 4.86. The monoisotopic (exact) mass is 475 g/mol. The first-order valence-corrected chi connectivity index (χ1v) is 12.1. The predicted molar refractivity (Wildman–Crippen MR) is 127 cm³/mol. The van der Waals surface area contributed by atoms with Gasteiger partial charge in [0.1, 0.15) is 0 Å². The molecule has 0 spiro atoms. The first-order valence-electron chi connectivity index (χ1n) is 10.2. The number of nitrogens with zero attached hydrogens (tertiary/aromatic N) is 2. The number of halogens is 1. The molecule has 2 amide bonds. The van der Waals surface area contributed by atoms with Gasteiger partial charge in [-0.2, -0.15) is 4.31 Å². The van der Waals surface area contributed by atoms with E-state index in [1.807, 2.05) is 30.3 Å². The second-order valence-electron chi connectivity index (χ2n) is 7.82. The first kappa shape index (κ1) is 24.0. The van der Waals surface area contributed by atoms with Crippen molar-refractivity contribution in [3.8, 4) is 0 Å². The lowest BCUT2D eigenvalue weighted by molar-refractivity contribution is -0.120. The van der Waals surface area contributed by atoms with Crippen molar-refractivity contribution in [2.24, 2.45) is 5.92 Å².